The molecule has 0 aliphatic carbocycles. The van der Waals surface area contributed by atoms with Gasteiger partial charge in [-0.2, -0.15) is 4.31 Å². The highest BCUT2D eigenvalue weighted by Crippen LogP contribution is 2.32. The molecule has 3 rings (SSSR count). The number of hydrogen-bond donors (Lipinski definition) is 1. The maximum atomic E-state index is 12.6. The van der Waals surface area contributed by atoms with Gasteiger partial charge in [-0.05, 0) is 50.1 Å². The lowest BCUT2D eigenvalue weighted by Crippen LogP contribution is -2.27. The summed E-state index contributed by atoms with van der Waals surface area (Å²) in [5.74, 6) is -1.06. The van der Waals surface area contributed by atoms with Crippen LogP contribution in [0, 0.1) is 6.92 Å². The minimum atomic E-state index is -3.51. The summed E-state index contributed by atoms with van der Waals surface area (Å²) in [6, 6.07) is 6.87. The van der Waals surface area contributed by atoms with E-state index in [1.54, 1.807) is 12.1 Å². The van der Waals surface area contributed by atoms with Crippen LogP contribution in [-0.4, -0.2) is 36.9 Å². The minimum Gasteiger partial charge on any atom is -0.478 e. The van der Waals surface area contributed by atoms with Gasteiger partial charge in [0.1, 0.15) is 4.21 Å². The lowest BCUT2D eigenvalue weighted by molar-refractivity contribution is -0.130. The zero-order valence-corrected chi connectivity index (χ0v) is 15.5. The van der Waals surface area contributed by atoms with Gasteiger partial charge in [-0.3, -0.25) is 0 Å². The molecule has 2 aromatic rings. The van der Waals surface area contributed by atoms with E-state index in [1.165, 1.54) is 21.7 Å². The van der Waals surface area contributed by atoms with Gasteiger partial charge in [0.15, 0.2) is 0 Å². The molecular formula is C16H17NO4S3. The van der Waals surface area contributed by atoms with E-state index in [9.17, 15) is 18.3 Å². The summed E-state index contributed by atoms with van der Waals surface area (Å²) in [7, 11) is -3.51. The topological polar surface area (TPSA) is 74.7 Å². The molecule has 0 unspecified atom stereocenters. The van der Waals surface area contributed by atoms with E-state index in [0.717, 1.165) is 33.9 Å². The Kier molecular flexibility index (Phi) is 4.91. The van der Waals surface area contributed by atoms with Crippen LogP contribution in [0.25, 0.3) is 11.6 Å². The van der Waals surface area contributed by atoms with Gasteiger partial charge >= 0.3 is 5.97 Å². The summed E-state index contributed by atoms with van der Waals surface area (Å²) in [6.07, 6.45) is 3.34. The average molecular weight is 384 g/mol. The Morgan fingerprint density at radius 2 is 1.88 bits per heavy atom. The molecule has 1 fully saturated rings. The number of carboxylic acid groups (broad SMARTS) is 1. The number of sulfonamides is 1. The number of carboxylic acids is 1. The van der Waals surface area contributed by atoms with Gasteiger partial charge in [0.25, 0.3) is 10.0 Å². The average Bonchev–Trinajstić information content (AvgIpc) is 3.26. The Bertz CT molecular complexity index is 886. The zero-order valence-electron chi connectivity index (χ0n) is 13.1. The molecule has 0 saturated carbocycles. The summed E-state index contributed by atoms with van der Waals surface area (Å²) < 4.78 is 26.8. The Morgan fingerprint density at radius 1 is 1.17 bits per heavy atom. The van der Waals surface area contributed by atoms with E-state index < -0.39 is 16.0 Å². The van der Waals surface area contributed by atoms with Gasteiger partial charge in [-0.25, -0.2) is 13.2 Å². The standard InChI is InChI=1S/C16H17NO4S3/c1-11-4-5-12(22-11)10-13(16(18)19)14-6-7-15(23-14)24(20,21)17-8-2-3-9-17/h4-7,10H,2-3,8-9H2,1H3,(H,18,19). The van der Waals surface area contributed by atoms with E-state index in [-0.39, 0.29) is 9.78 Å². The third kappa shape index (κ3) is 3.46. The summed E-state index contributed by atoms with van der Waals surface area (Å²) >= 11 is 2.51. The molecule has 1 aliphatic rings. The Labute approximate surface area is 148 Å². The van der Waals surface area contributed by atoms with Crippen LogP contribution in [-0.2, 0) is 14.8 Å². The molecule has 24 heavy (non-hydrogen) atoms. The maximum Gasteiger partial charge on any atom is 0.337 e. The molecule has 0 bridgehead atoms. The highest BCUT2D eigenvalue weighted by atomic mass is 32.2. The summed E-state index contributed by atoms with van der Waals surface area (Å²) in [5, 5.41) is 9.50. The Balaban J connectivity index is 1.95. The van der Waals surface area contributed by atoms with Crippen molar-refractivity contribution < 1.29 is 18.3 Å². The third-order valence-electron chi connectivity index (χ3n) is 3.78. The van der Waals surface area contributed by atoms with E-state index in [4.69, 9.17) is 0 Å². The predicted molar refractivity (Wildman–Crippen MR) is 96.9 cm³/mol. The van der Waals surface area contributed by atoms with Crippen molar-refractivity contribution in [3.8, 4) is 0 Å². The van der Waals surface area contributed by atoms with Crippen LogP contribution in [0.15, 0.2) is 28.5 Å². The summed E-state index contributed by atoms with van der Waals surface area (Å²) in [6.45, 7) is 3.02. The van der Waals surface area contributed by atoms with Crippen molar-refractivity contribution in [3.05, 3.63) is 38.9 Å². The van der Waals surface area contributed by atoms with Crippen molar-refractivity contribution >= 4 is 50.3 Å². The molecule has 8 heteroatoms. The molecule has 0 spiro atoms. The van der Waals surface area contributed by atoms with Crippen molar-refractivity contribution in [2.75, 3.05) is 13.1 Å². The largest absolute Gasteiger partial charge is 0.478 e. The molecule has 0 amide bonds. The number of rotatable bonds is 5. The summed E-state index contributed by atoms with van der Waals surface area (Å²) in [4.78, 5) is 14.0. The number of aliphatic carboxylic acids is 1. The Hall–Kier alpha value is -1.48. The molecule has 0 atom stereocenters. The highest BCUT2D eigenvalue weighted by molar-refractivity contribution is 7.91. The zero-order chi connectivity index (χ0) is 17.3. The van der Waals surface area contributed by atoms with Gasteiger partial charge in [-0.15, -0.1) is 22.7 Å². The first-order valence-corrected chi connectivity index (χ1v) is 10.6. The molecule has 5 nitrogen and oxygen atoms in total. The van der Waals surface area contributed by atoms with Crippen molar-refractivity contribution in [2.24, 2.45) is 0 Å². The van der Waals surface area contributed by atoms with Gasteiger partial charge < -0.3 is 5.11 Å². The van der Waals surface area contributed by atoms with E-state index >= 15 is 0 Å². The van der Waals surface area contributed by atoms with Crippen molar-refractivity contribution in [2.45, 2.75) is 24.0 Å². The predicted octanol–water partition coefficient (Wildman–Crippen LogP) is 3.53. The smallest absolute Gasteiger partial charge is 0.337 e. The van der Waals surface area contributed by atoms with Crippen molar-refractivity contribution in [1.82, 2.24) is 4.31 Å². The van der Waals surface area contributed by atoms with Crippen LogP contribution in [0.2, 0.25) is 0 Å². The molecule has 128 valence electrons. The second kappa shape index (κ2) is 6.79. The van der Waals surface area contributed by atoms with Crippen LogP contribution in [0.5, 0.6) is 0 Å². The van der Waals surface area contributed by atoms with Gasteiger partial charge in [0, 0.05) is 27.7 Å². The van der Waals surface area contributed by atoms with E-state index in [0.29, 0.717) is 18.0 Å². The van der Waals surface area contributed by atoms with Crippen LogP contribution in [0.4, 0.5) is 0 Å². The molecular weight excluding hydrogens is 366 g/mol. The van der Waals surface area contributed by atoms with Crippen LogP contribution in [0.1, 0.15) is 27.5 Å². The fourth-order valence-electron chi connectivity index (χ4n) is 2.57. The number of hydrogen-bond acceptors (Lipinski definition) is 5. The summed E-state index contributed by atoms with van der Waals surface area (Å²) in [5.41, 5.74) is 0.115. The number of nitrogens with zero attached hydrogens (tertiary/aromatic N) is 1. The van der Waals surface area contributed by atoms with E-state index in [1.807, 2.05) is 19.1 Å². The normalized spacial score (nSPS) is 16.6. The van der Waals surface area contributed by atoms with Gasteiger partial charge in [0.2, 0.25) is 0 Å². The SMILES string of the molecule is Cc1ccc(C=C(C(=O)O)c2ccc(S(=O)(=O)N3CCCC3)s2)s1. The van der Waals surface area contributed by atoms with Gasteiger partial charge in [0.05, 0.1) is 5.57 Å². The molecule has 1 aliphatic heterocycles. The Morgan fingerprint density at radius 3 is 2.46 bits per heavy atom. The third-order valence-corrected chi connectivity index (χ3v) is 8.22. The highest BCUT2D eigenvalue weighted by Gasteiger charge is 2.29. The first-order chi connectivity index (χ1) is 11.4. The molecule has 3 heterocycles. The van der Waals surface area contributed by atoms with Crippen LogP contribution >= 0.6 is 22.7 Å². The quantitative estimate of drug-likeness (QED) is 0.802. The van der Waals surface area contributed by atoms with Crippen LogP contribution < -0.4 is 0 Å². The van der Waals surface area contributed by atoms with Crippen LogP contribution in [0.3, 0.4) is 0 Å². The molecule has 1 saturated heterocycles. The maximum absolute atomic E-state index is 12.6. The number of thiophene rings is 2. The first kappa shape index (κ1) is 17.3. The molecule has 2 aromatic heterocycles. The second-order valence-corrected chi connectivity index (χ2v) is 10.1. The molecule has 0 radical (unpaired) electrons. The lowest BCUT2D eigenvalue weighted by Gasteiger charge is -2.13. The molecule has 1 N–H and O–H groups in total. The number of carbonyl (C=O) groups is 1. The fraction of sp³-hybridized carbons (Fsp3) is 0.312. The molecule has 0 aromatic carbocycles. The van der Waals surface area contributed by atoms with Crippen molar-refractivity contribution in [1.29, 1.82) is 0 Å². The number of aryl methyl sites for hydroxylation is 1. The van der Waals surface area contributed by atoms with E-state index in [2.05, 4.69) is 0 Å². The van der Waals surface area contributed by atoms with Crippen molar-refractivity contribution in [3.63, 3.8) is 0 Å². The monoisotopic (exact) mass is 383 g/mol. The lowest BCUT2D eigenvalue weighted by atomic mass is 10.2. The fourth-order valence-corrected chi connectivity index (χ4v) is 6.38. The van der Waals surface area contributed by atoms with Gasteiger partial charge in [-0.1, -0.05) is 0 Å². The first-order valence-electron chi connectivity index (χ1n) is 7.50. The second-order valence-electron chi connectivity index (χ2n) is 5.54. The minimum absolute atomic E-state index is 0.115.